The first-order valence-electron chi connectivity index (χ1n) is 3.60. The molecule has 60 valence electrons. The molecule has 0 amide bonds. The number of aryl methyl sites for hydroxylation is 1. The van der Waals surface area contributed by atoms with Crippen LogP contribution in [-0.4, -0.2) is 0 Å². The molecule has 0 aliphatic rings. The van der Waals surface area contributed by atoms with Crippen molar-refractivity contribution in [3.8, 4) is 0 Å². The van der Waals surface area contributed by atoms with E-state index < -0.39 is 0 Å². The Morgan fingerprint density at radius 2 is 2.27 bits per heavy atom. The third-order valence-electron chi connectivity index (χ3n) is 1.67. The van der Waals surface area contributed by atoms with Gasteiger partial charge in [0.05, 0.1) is 6.54 Å². The zero-order valence-electron chi connectivity index (χ0n) is 6.60. The molecular formula is C9H12ClN. The molecule has 1 aromatic rings. The van der Waals surface area contributed by atoms with E-state index in [-0.39, 0.29) is 0 Å². The summed E-state index contributed by atoms with van der Waals surface area (Å²) < 4.78 is 0. The van der Waals surface area contributed by atoms with Gasteiger partial charge in [-0.2, -0.15) is 7.05 Å². The number of nitrogens with two attached hydrogens (primary N) is 1. The van der Waals surface area contributed by atoms with Gasteiger partial charge in [-0.3, -0.25) is 0 Å². The average Bonchev–Trinajstić information content (AvgIpc) is 1.95. The second kappa shape index (κ2) is 3.74. The maximum atomic E-state index is 5.79. The fourth-order valence-electron chi connectivity index (χ4n) is 1.04. The van der Waals surface area contributed by atoms with Gasteiger partial charge in [0, 0.05) is 10.6 Å². The van der Waals surface area contributed by atoms with Crippen LogP contribution in [0, 0.1) is 14.0 Å². The average molecular weight is 170 g/mol. The Morgan fingerprint density at radius 1 is 1.55 bits per heavy atom. The van der Waals surface area contributed by atoms with Crippen molar-refractivity contribution in [2.45, 2.75) is 13.5 Å². The first kappa shape index (κ1) is 8.57. The van der Waals surface area contributed by atoms with Gasteiger partial charge in [0.2, 0.25) is 0 Å². The molecule has 0 atom stereocenters. The van der Waals surface area contributed by atoms with E-state index >= 15 is 0 Å². The van der Waals surface area contributed by atoms with Crippen LogP contribution in [-0.2, 0) is 6.54 Å². The largest absolute Gasteiger partial charge is 0.475 e. The minimum Gasteiger partial charge on any atom is -0.475 e. The van der Waals surface area contributed by atoms with E-state index in [1.54, 1.807) is 0 Å². The van der Waals surface area contributed by atoms with Gasteiger partial charge >= 0.3 is 0 Å². The van der Waals surface area contributed by atoms with Gasteiger partial charge in [0.1, 0.15) is 0 Å². The van der Waals surface area contributed by atoms with Gasteiger partial charge in [-0.05, 0) is 24.6 Å². The Kier molecular flexibility index (Phi) is 2.92. The van der Waals surface area contributed by atoms with E-state index in [9.17, 15) is 0 Å². The summed E-state index contributed by atoms with van der Waals surface area (Å²) in [6, 6.07) is 5.92. The van der Waals surface area contributed by atoms with Crippen LogP contribution in [0.15, 0.2) is 18.2 Å². The zero-order valence-corrected chi connectivity index (χ0v) is 7.36. The number of benzene rings is 1. The van der Waals surface area contributed by atoms with Gasteiger partial charge in [0.15, 0.2) is 0 Å². The quantitative estimate of drug-likeness (QED) is 0.647. The third kappa shape index (κ3) is 2.21. The Labute approximate surface area is 72.4 Å². The van der Waals surface area contributed by atoms with Crippen molar-refractivity contribution < 1.29 is 5.32 Å². The van der Waals surface area contributed by atoms with Crippen LogP contribution in [0.25, 0.3) is 0 Å². The summed E-state index contributed by atoms with van der Waals surface area (Å²) in [5.41, 5.74) is 2.53. The van der Waals surface area contributed by atoms with Gasteiger partial charge in [-0.25, -0.2) is 0 Å². The maximum absolute atomic E-state index is 5.79. The molecule has 1 aromatic carbocycles. The molecule has 11 heavy (non-hydrogen) atoms. The first-order valence-corrected chi connectivity index (χ1v) is 3.98. The molecule has 0 saturated carbocycles. The highest BCUT2D eigenvalue weighted by Crippen LogP contribution is 2.13. The molecule has 2 N–H and O–H groups in total. The van der Waals surface area contributed by atoms with Gasteiger partial charge in [0.25, 0.3) is 0 Å². The van der Waals surface area contributed by atoms with E-state index in [4.69, 9.17) is 11.6 Å². The molecule has 0 unspecified atom stereocenters. The minimum absolute atomic E-state index is 0.801. The van der Waals surface area contributed by atoms with Crippen LogP contribution in [0.5, 0.6) is 0 Å². The normalized spacial score (nSPS) is 10.1. The van der Waals surface area contributed by atoms with Crippen LogP contribution >= 0.6 is 11.6 Å². The standard InChI is InChI=1S/C9H12ClN/c1-7-5-9(10)4-3-8(7)6-11-2/h3-5H,2,6,11H2,1H3. The molecule has 0 heterocycles. The maximum Gasteiger partial charge on any atom is 0.0775 e. The SMILES string of the molecule is [CH2-][NH2+]Cc1ccc(Cl)cc1C. The molecule has 0 fully saturated rings. The summed E-state index contributed by atoms with van der Waals surface area (Å²) in [6.45, 7) is 2.98. The fraction of sp³-hybridized carbons (Fsp3) is 0.222. The molecule has 0 bridgehead atoms. The predicted octanol–water partition coefficient (Wildman–Crippen LogP) is 1.50. The highest BCUT2D eigenvalue weighted by atomic mass is 35.5. The Morgan fingerprint density at radius 3 is 2.82 bits per heavy atom. The van der Waals surface area contributed by atoms with Crippen LogP contribution < -0.4 is 5.32 Å². The molecule has 0 aliphatic carbocycles. The summed E-state index contributed by atoms with van der Waals surface area (Å²) >= 11 is 5.79. The van der Waals surface area contributed by atoms with E-state index in [0.717, 1.165) is 11.6 Å². The number of quaternary nitrogens is 1. The van der Waals surface area contributed by atoms with Crippen molar-refractivity contribution in [2.24, 2.45) is 0 Å². The lowest BCUT2D eigenvalue weighted by molar-refractivity contribution is -0.612. The van der Waals surface area contributed by atoms with Crippen LogP contribution in [0.2, 0.25) is 5.02 Å². The summed E-state index contributed by atoms with van der Waals surface area (Å²) in [4.78, 5) is 0. The summed E-state index contributed by atoms with van der Waals surface area (Å²) in [5, 5.41) is 2.70. The van der Waals surface area contributed by atoms with Crippen molar-refractivity contribution >= 4 is 11.6 Å². The molecule has 0 saturated heterocycles. The van der Waals surface area contributed by atoms with Crippen molar-refractivity contribution in [3.63, 3.8) is 0 Å². The Bertz CT molecular complexity index is 245. The van der Waals surface area contributed by atoms with Crippen molar-refractivity contribution in [1.29, 1.82) is 0 Å². The smallest absolute Gasteiger partial charge is 0.0775 e. The monoisotopic (exact) mass is 169 g/mol. The number of halogens is 1. The summed E-state index contributed by atoms with van der Waals surface area (Å²) in [6.07, 6.45) is 0. The van der Waals surface area contributed by atoms with E-state index in [1.807, 2.05) is 23.5 Å². The van der Waals surface area contributed by atoms with Crippen LogP contribution in [0.1, 0.15) is 11.1 Å². The molecule has 1 rings (SSSR count). The molecule has 2 heteroatoms. The minimum atomic E-state index is 0.801. The predicted molar refractivity (Wildman–Crippen MR) is 47.2 cm³/mol. The molecule has 0 aliphatic heterocycles. The third-order valence-corrected chi connectivity index (χ3v) is 1.90. The Balaban J connectivity index is 2.90. The van der Waals surface area contributed by atoms with Gasteiger partial charge in [-0.1, -0.05) is 17.7 Å². The van der Waals surface area contributed by atoms with E-state index in [0.29, 0.717) is 0 Å². The van der Waals surface area contributed by atoms with Crippen molar-refractivity contribution in [1.82, 2.24) is 0 Å². The molecule has 0 spiro atoms. The molecular weight excluding hydrogens is 158 g/mol. The van der Waals surface area contributed by atoms with Crippen LogP contribution in [0.3, 0.4) is 0 Å². The number of hydrogen-bond donors (Lipinski definition) is 1. The zero-order chi connectivity index (χ0) is 8.27. The van der Waals surface area contributed by atoms with Crippen LogP contribution in [0.4, 0.5) is 0 Å². The van der Waals surface area contributed by atoms with Crippen molar-refractivity contribution in [2.75, 3.05) is 0 Å². The molecule has 0 radical (unpaired) electrons. The highest BCUT2D eigenvalue weighted by Gasteiger charge is 1.97. The lowest BCUT2D eigenvalue weighted by atomic mass is 10.1. The topological polar surface area (TPSA) is 16.6 Å². The Hall–Kier alpha value is -0.530. The number of rotatable bonds is 2. The molecule has 0 aromatic heterocycles. The van der Waals surface area contributed by atoms with Gasteiger partial charge < -0.3 is 5.32 Å². The van der Waals surface area contributed by atoms with E-state index in [1.165, 1.54) is 11.1 Å². The lowest BCUT2D eigenvalue weighted by Crippen LogP contribution is -2.74. The fourth-order valence-corrected chi connectivity index (χ4v) is 1.27. The summed E-state index contributed by atoms with van der Waals surface area (Å²) in [7, 11) is 3.69. The molecule has 1 nitrogen and oxygen atoms in total. The second-order valence-corrected chi connectivity index (χ2v) is 3.00. The lowest BCUT2D eigenvalue weighted by Gasteiger charge is -2.04. The highest BCUT2D eigenvalue weighted by molar-refractivity contribution is 6.30. The van der Waals surface area contributed by atoms with Crippen molar-refractivity contribution in [3.05, 3.63) is 41.4 Å². The number of hydrogen-bond acceptors (Lipinski definition) is 0. The summed E-state index contributed by atoms with van der Waals surface area (Å²) in [5.74, 6) is 0. The first-order chi connectivity index (χ1) is 5.24. The van der Waals surface area contributed by atoms with Gasteiger partial charge in [-0.15, -0.1) is 0 Å². The van der Waals surface area contributed by atoms with E-state index in [2.05, 4.69) is 14.0 Å². The second-order valence-electron chi connectivity index (χ2n) is 2.56.